The molecule has 0 amide bonds. The first-order valence-corrected chi connectivity index (χ1v) is 6.95. The molecule has 2 rings (SSSR count). The van der Waals surface area contributed by atoms with Gasteiger partial charge >= 0.3 is 0 Å². The summed E-state index contributed by atoms with van der Waals surface area (Å²) in [5.74, 6) is 0. The number of aryl methyl sites for hydroxylation is 3. The molecule has 0 aliphatic heterocycles. The van der Waals surface area contributed by atoms with Gasteiger partial charge in [-0.3, -0.25) is 0 Å². The van der Waals surface area contributed by atoms with E-state index in [1.54, 1.807) is 22.7 Å². The molecule has 1 atom stereocenters. The SMILES string of the molecule is CCc1nc(C(N)c2csc(C)n2)sc1C. The number of hydrogen-bond donors (Lipinski definition) is 1. The monoisotopic (exact) mass is 253 g/mol. The lowest BCUT2D eigenvalue weighted by Gasteiger charge is -2.03. The Kier molecular flexibility index (Phi) is 3.37. The molecule has 2 aromatic rings. The van der Waals surface area contributed by atoms with E-state index in [2.05, 4.69) is 23.8 Å². The highest BCUT2D eigenvalue weighted by atomic mass is 32.1. The van der Waals surface area contributed by atoms with Crippen LogP contribution in [0.5, 0.6) is 0 Å². The van der Waals surface area contributed by atoms with Crippen molar-refractivity contribution in [2.24, 2.45) is 5.73 Å². The highest BCUT2D eigenvalue weighted by Gasteiger charge is 2.17. The fraction of sp³-hybridized carbons (Fsp3) is 0.455. The molecule has 2 aromatic heterocycles. The fourth-order valence-corrected chi connectivity index (χ4v) is 3.23. The Morgan fingerprint density at radius 3 is 2.62 bits per heavy atom. The molecule has 86 valence electrons. The van der Waals surface area contributed by atoms with Gasteiger partial charge in [0, 0.05) is 10.3 Å². The Balaban J connectivity index is 2.30. The summed E-state index contributed by atoms with van der Waals surface area (Å²) in [5.41, 5.74) is 8.24. The van der Waals surface area contributed by atoms with Crippen LogP contribution in [0.2, 0.25) is 0 Å². The van der Waals surface area contributed by atoms with Crippen LogP contribution in [0.3, 0.4) is 0 Å². The molecule has 3 nitrogen and oxygen atoms in total. The Morgan fingerprint density at radius 2 is 2.12 bits per heavy atom. The first-order chi connectivity index (χ1) is 7.61. The maximum atomic E-state index is 6.16. The van der Waals surface area contributed by atoms with Crippen LogP contribution in [0.25, 0.3) is 0 Å². The van der Waals surface area contributed by atoms with Gasteiger partial charge in [-0.1, -0.05) is 6.92 Å². The molecular weight excluding hydrogens is 238 g/mol. The van der Waals surface area contributed by atoms with E-state index in [9.17, 15) is 0 Å². The summed E-state index contributed by atoms with van der Waals surface area (Å²) >= 11 is 3.31. The summed E-state index contributed by atoms with van der Waals surface area (Å²) in [5, 5.41) is 4.04. The Morgan fingerprint density at radius 1 is 1.38 bits per heavy atom. The average Bonchev–Trinajstić information content (AvgIpc) is 2.83. The maximum Gasteiger partial charge on any atom is 0.116 e. The van der Waals surface area contributed by atoms with Gasteiger partial charge in [-0.15, -0.1) is 22.7 Å². The van der Waals surface area contributed by atoms with E-state index in [0.717, 1.165) is 27.8 Å². The minimum atomic E-state index is -0.172. The number of rotatable bonds is 3. The van der Waals surface area contributed by atoms with Crippen molar-refractivity contribution in [1.29, 1.82) is 0 Å². The van der Waals surface area contributed by atoms with Gasteiger partial charge < -0.3 is 5.73 Å². The smallest absolute Gasteiger partial charge is 0.116 e. The Labute approximate surface area is 103 Å². The summed E-state index contributed by atoms with van der Waals surface area (Å²) < 4.78 is 0. The van der Waals surface area contributed by atoms with Gasteiger partial charge in [0.2, 0.25) is 0 Å². The standard InChI is InChI=1S/C11H15N3S2/c1-4-8-6(2)16-11(14-8)10(12)9-5-15-7(3)13-9/h5,10H,4,12H2,1-3H3. The average molecular weight is 253 g/mol. The van der Waals surface area contributed by atoms with Crippen LogP contribution in [0.15, 0.2) is 5.38 Å². The number of nitrogens with zero attached hydrogens (tertiary/aromatic N) is 2. The van der Waals surface area contributed by atoms with Crippen molar-refractivity contribution in [2.75, 3.05) is 0 Å². The molecule has 16 heavy (non-hydrogen) atoms. The molecule has 5 heteroatoms. The number of aromatic nitrogens is 2. The van der Waals surface area contributed by atoms with Crippen LogP contribution >= 0.6 is 22.7 Å². The second-order valence-corrected chi connectivity index (χ2v) is 5.97. The molecular formula is C11H15N3S2. The first-order valence-electron chi connectivity index (χ1n) is 5.25. The van der Waals surface area contributed by atoms with E-state index in [0.29, 0.717) is 0 Å². The van der Waals surface area contributed by atoms with Gasteiger partial charge in [0.25, 0.3) is 0 Å². The van der Waals surface area contributed by atoms with Crippen molar-refractivity contribution < 1.29 is 0 Å². The minimum absolute atomic E-state index is 0.172. The summed E-state index contributed by atoms with van der Waals surface area (Å²) in [6.07, 6.45) is 0.963. The fourth-order valence-electron chi connectivity index (χ4n) is 1.56. The molecule has 2 heterocycles. The lowest BCUT2D eigenvalue weighted by molar-refractivity contribution is 0.814. The van der Waals surface area contributed by atoms with Crippen LogP contribution in [0.4, 0.5) is 0 Å². The number of hydrogen-bond acceptors (Lipinski definition) is 5. The van der Waals surface area contributed by atoms with E-state index in [-0.39, 0.29) is 6.04 Å². The van der Waals surface area contributed by atoms with E-state index >= 15 is 0 Å². The molecule has 0 aromatic carbocycles. The van der Waals surface area contributed by atoms with Gasteiger partial charge in [-0.25, -0.2) is 9.97 Å². The largest absolute Gasteiger partial charge is 0.317 e. The molecule has 0 fully saturated rings. The van der Waals surface area contributed by atoms with Gasteiger partial charge in [-0.05, 0) is 20.3 Å². The lowest BCUT2D eigenvalue weighted by atomic mass is 10.2. The molecule has 0 radical (unpaired) electrons. The Hall–Kier alpha value is -0.780. The molecule has 0 aliphatic carbocycles. The highest BCUT2D eigenvalue weighted by Crippen LogP contribution is 2.27. The highest BCUT2D eigenvalue weighted by molar-refractivity contribution is 7.12. The zero-order valence-electron chi connectivity index (χ0n) is 9.65. The van der Waals surface area contributed by atoms with Crippen LogP contribution in [0, 0.1) is 13.8 Å². The summed E-state index contributed by atoms with van der Waals surface area (Å²) in [6, 6.07) is -0.172. The molecule has 0 saturated heterocycles. The Bertz CT molecular complexity index is 487. The summed E-state index contributed by atoms with van der Waals surface area (Å²) in [6.45, 7) is 6.20. The van der Waals surface area contributed by atoms with E-state index in [4.69, 9.17) is 5.73 Å². The second-order valence-electron chi connectivity index (χ2n) is 3.68. The normalized spacial score (nSPS) is 13.0. The van der Waals surface area contributed by atoms with Gasteiger partial charge in [0.15, 0.2) is 0 Å². The van der Waals surface area contributed by atoms with Gasteiger partial charge in [0.05, 0.1) is 16.4 Å². The summed E-state index contributed by atoms with van der Waals surface area (Å²) in [7, 11) is 0. The van der Waals surface area contributed by atoms with E-state index in [1.807, 2.05) is 12.3 Å². The quantitative estimate of drug-likeness (QED) is 0.915. The molecule has 0 saturated carbocycles. The predicted molar refractivity (Wildman–Crippen MR) is 69.1 cm³/mol. The van der Waals surface area contributed by atoms with E-state index in [1.165, 1.54) is 4.88 Å². The molecule has 2 N–H and O–H groups in total. The third-order valence-corrected chi connectivity index (χ3v) is 4.35. The molecule has 0 bridgehead atoms. The van der Waals surface area contributed by atoms with Crippen molar-refractivity contribution in [2.45, 2.75) is 33.2 Å². The van der Waals surface area contributed by atoms with Crippen molar-refractivity contribution in [3.63, 3.8) is 0 Å². The van der Waals surface area contributed by atoms with Crippen LogP contribution in [0.1, 0.15) is 39.2 Å². The number of nitrogens with two attached hydrogens (primary N) is 1. The van der Waals surface area contributed by atoms with Crippen molar-refractivity contribution in [3.8, 4) is 0 Å². The predicted octanol–water partition coefficient (Wildman–Crippen LogP) is 2.83. The lowest BCUT2D eigenvalue weighted by Crippen LogP contribution is -2.12. The van der Waals surface area contributed by atoms with Crippen LogP contribution < -0.4 is 5.73 Å². The summed E-state index contributed by atoms with van der Waals surface area (Å²) in [4.78, 5) is 10.2. The van der Waals surface area contributed by atoms with Crippen molar-refractivity contribution in [3.05, 3.63) is 31.7 Å². The molecule has 0 aliphatic rings. The zero-order valence-corrected chi connectivity index (χ0v) is 11.3. The third kappa shape index (κ3) is 2.16. The zero-order chi connectivity index (χ0) is 11.7. The van der Waals surface area contributed by atoms with Crippen LogP contribution in [-0.2, 0) is 6.42 Å². The molecule has 1 unspecified atom stereocenters. The van der Waals surface area contributed by atoms with Crippen LogP contribution in [-0.4, -0.2) is 9.97 Å². The van der Waals surface area contributed by atoms with Crippen molar-refractivity contribution >= 4 is 22.7 Å². The van der Waals surface area contributed by atoms with Crippen molar-refractivity contribution in [1.82, 2.24) is 9.97 Å². The van der Waals surface area contributed by atoms with Gasteiger partial charge in [-0.2, -0.15) is 0 Å². The first kappa shape index (κ1) is 11.7. The molecule has 0 spiro atoms. The van der Waals surface area contributed by atoms with E-state index < -0.39 is 0 Å². The number of thiazole rings is 2. The topological polar surface area (TPSA) is 51.8 Å². The maximum absolute atomic E-state index is 6.16. The third-order valence-electron chi connectivity index (χ3n) is 2.47. The van der Waals surface area contributed by atoms with Gasteiger partial charge in [0.1, 0.15) is 11.0 Å². The second kappa shape index (κ2) is 4.61. The minimum Gasteiger partial charge on any atom is -0.317 e.